The summed E-state index contributed by atoms with van der Waals surface area (Å²) in [6.45, 7) is 0.929. The second-order valence-corrected chi connectivity index (χ2v) is 6.71. The molecule has 0 unspecified atom stereocenters. The van der Waals surface area contributed by atoms with E-state index in [1.54, 1.807) is 35.0 Å². The maximum absolute atomic E-state index is 12.9. The first-order valence-corrected chi connectivity index (χ1v) is 8.70. The van der Waals surface area contributed by atoms with Crippen molar-refractivity contribution >= 4 is 17.7 Å². The van der Waals surface area contributed by atoms with Crippen LogP contribution in [0.5, 0.6) is 0 Å². The fraction of sp³-hybridized carbons (Fsp3) is 0.353. The van der Waals surface area contributed by atoms with Crippen LogP contribution in [0, 0.1) is 0 Å². The average Bonchev–Trinajstić information content (AvgIpc) is 3.19. The highest BCUT2D eigenvalue weighted by Gasteiger charge is 2.33. The Labute approximate surface area is 147 Å². The van der Waals surface area contributed by atoms with Gasteiger partial charge in [0.25, 0.3) is 0 Å². The van der Waals surface area contributed by atoms with E-state index in [4.69, 9.17) is 4.74 Å². The third-order valence-electron chi connectivity index (χ3n) is 3.98. The molecule has 4 nitrogen and oxygen atoms in total. The Hall–Kier alpha value is -1.93. The van der Waals surface area contributed by atoms with Gasteiger partial charge in [0, 0.05) is 37.3 Å². The lowest BCUT2D eigenvalue weighted by molar-refractivity contribution is -0.137. The molecule has 0 N–H and O–H groups in total. The zero-order chi connectivity index (χ0) is 18.0. The molecule has 0 radical (unpaired) electrons. The van der Waals surface area contributed by atoms with E-state index in [1.165, 1.54) is 17.8 Å². The van der Waals surface area contributed by atoms with Crippen molar-refractivity contribution in [1.82, 2.24) is 9.47 Å². The van der Waals surface area contributed by atoms with Crippen LogP contribution in [0.25, 0.3) is 5.69 Å². The molecule has 1 amide bonds. The van der Waals surface area contributed by atoms with Gasteiger partial charge in [-0.05, 0) is 24.3 Å². The summed E-state index contributed by atoms with van der Waals surface area (Å²) in [6.07, 6.45) is -0.898. The second-order valence-electron chi connectivity index (χ2n) is 5.64. The molecule has 1 aromatic heterocycles. The lowest BCUT2D eigenvalue weighted by Gasteiger charge is -2.22. The van der Waals surface area contributed by atoms with Gasteiger partial charge in [-0.15, -0.1) is 11.8 Å². The maximum Gasteiger partial charge on any atom is 0.416 e. The molecular formula is C17H17F3N2O2S. The van der Waals surface area contributed by atoms with Gasteiger partial charge < -0.3 is 14.2 Å². The molecule has 0 spiro atoms. The van der Waals surface area contributed by atoms with Crippen LogP contribution in [0.4, 0.5) is 13.2 Å². The van der Waals surface area contributed by atoms with E-state index in [9.17, 15) is 18.0 Å². The predicted molar refractivity (Wildman–Crippen MR) is 89.6 cm³/mol. The number of amides is 1. The van der Waals surface area contributed by atoms with Crippen LogP contribution in [-0.4, -0.2) is 41.4 Å². The van der Waals surface area contributed by atoms with Crippen molar-refractivity contribution < 1.29 is 22.7 Å². The van der Waals surface area contributed by atoms with Crippen molar-refractivity contribution in [3.63, 3.8) is 0 Å². The normalized spacial score (nSPS) is 18.2. The third-order valence-corrected chi connectivity index (χ3v) is 5.23. The highest BCUT2D eigenvalue weighted by Crippen LogP contribution is 2.39. The molecule has 1 fully saturated rings. The van der Waals surface area contributed by atoms with Crippen molar-refractivity contribution in [2.45, 2.75) is 11.6 Å². The zero-order valence-corrected chi connectivity index (χ0v) is 14.3. The number of carbonyl (C=O) groups is 1. The average molecular weight is 370 g/mol. The summed E-state index contributed by atoms with van der Waals surface area (Å²) in [7, 11) is 1.58. The lowest BCUT2D eigenvalue weighted by Crippen LogP contribution is -2.31. The number of rotatable bonds is 5. The molecule has 1 atom stereocenters. The van der Waals surface area contributed by atoms with E-state index in [0.717, 1.165) is 17.7 Å². The number of carbonyl (C=O) groups excluding carboxylic acids is 1. The number of hydrogen-bond acceptors (Lipinski definition) is 3. The van der Waals surface area contributed by atoms with Gasteiger partial charge in [0.1, 0.15) is 5.37 Å². The fourth-order valence-corrected chi connectivity index (χ4v) is 3.93. The predicted octanol–water partition coefficient (Wildman–Crippen LogP) is 3.72. The van der Waals surface area contributed by atoms with Crippen LogP contribution in [-0.2, 0) is 15.7 Å². The van der Waals surface area contributed by atoms with Crippen LogP contribution in [0.15, 0.2) is 42.7 Å². The number of hydrogen-bond donors (Lipinski definition) is 0. The van der Waals surface area contributed by atoms with Crippen molar-refractivity contribution in [3.05, 3.63) is 53.9 Å². The first kappa shape index (κ1) is 17.9. The van der Waals surface area contributed by atoms with Crippen LogP contribution in [0.2, 0.25) is 0 Å². The van der Waals surface area contributed by atoms with Gasteiger partial charge in [-0.2, -0.15) is 13.2 Å². The van der Waals surface area contributed by atoms with E-state index < -0.39 is 11.7 Å². The number of halogens is 3. The summed E-state index contributed by atoms with van der Waals surface area (Å²) in [5, 5.41) is -0.144. The van der Waals surface area contributed by atoms with Crippen LogP contribution in [0.3, 0.4) is 0 Å². The minimum atomic E-state index is -4.38. The SMILES string of the molecule is COCCN1C(=O)CS[C@@H]1c1ccn(-c2cccc(C(F)(F)F)c2)c1. The summed E-state index contributed by atoms with van der Waals surface area (Å²) < 4.78 is 45.3. The van der Waals surface area contributed by atoms with Gasteiger partial charge in [0.2, 0.25) is 5.91 Å². The number of methoxy groups -OCH3 is 1. The molecule has 1 aliphatic rings. The van der Waals surface area contributed by atoms with Gasteiger partial charge in [-0.25, -0.2) is 0 Å². The van der Waals surface area contributed by atoms with Crippen molar-refractivity contribution in [1.29, 1.82) is 0 Å². The van der Waals surface area contributed by atoms with Gasteiger partial charge in [-0.3, -0.25) is 4.79 Å². The number of ether oxygens (including phenoxy) is 1. The van der Waals surface area contributed by atoms with Gasteiger partial charge in [0.15, 0.2) is 0 Å². The molecule has 3 rings (SSSR count). The Morgan fingerprint density at radius 2 is 2.12 bits per heavy atom. The Bertz CT molecular complexity index is 760. The largest absolute Gasteiger partial charge is 0.416 e. The Kier molecular flexibility index (Phi) is 5.10. The van der Waals surface area contributed by atoms with Crippen LogP contribution in [0.1, 0.15) is 16.5 Å². The van der Waals surface area contributed by atoms with Gasteiger partial charge in [-0.1, -0.05) is 6.07 Å². The minimum absolute atomic E-state index is 0.0406. The summed E-state index contributed by atoms with van der Waals surface area (Å²) in [6, 6.07) is 6.99. The van der Waals surface area contributed by atoms with Crippen LogP contribution < -0.4 is 0 Å². The van der Waals surface area contributed by atoms with E-state index >= 15 is 0 Å². The summed E-state index contributed by atoms with van der Waals surface area (Å²) >= 11 is 1.51. The summed E-state index contributed by atoms with van der Waals surface area (Å²) in [4.78, 5) is 13.7. The molecule has 2 heterocycles. The number of nitrogens with zero attached hydrogens (tertiary/aromatic N) is 2. The number of aromatic nitrogens is 1. The van der Waals surface area contributed by atoms with Gasteiger partial charge >= 0.3 is 6.18 Å². The second kappa shape index (κ2) is 7.13. The molecule has 1 aromatic carbocycles. The molecule has 1 saturated heterocycles. The lowest BCUT2D eigenvalue weighted by atomic mass is 10.2. The first-order chi connectivity index (χ1) is 11.9. The Morgan fingerprint density at radius 3 is 2.84 bits per heavy atom. The Morgan fingerprint density at radius 1 is 1.32 bits per heavy atom. The number of alkyl halides is 3. The van der Waals surface area contributed by atoms with E-state index in [1.807, 2.05) is 6.07 Å². The quantitative estimate of drug-likeness (QED) is 0.805. The molecule has 134 valence electrons. The third kappa shape index (κ3) is 3.85. The smallest absolute Gasteiger partial charge is 0.383 e. The zero-order valence-electron chi connectivity index (χ0n) is 13.5. The Balaban J connectivity index is 1.84. The first-order valence-electron chi connectivity index (χ1n) is 7.65. The molecule has 8 heteroatoms. The fourth-order valence-electron chi connectivity index (χ4n) is 2.72. The number of thioether (sulfide) groups is 1. The molecule has 25 heavy (non-hydrogen) atoms. The number of benzene rings is 1. The van der Waals surface area contributed by atoms with Crippen LogP contribution >= 0.6 is 11.8 Å². The molecular weight excluding hydrogens is 353 g/mol. The highest BCUT2D eigenvalue weighted by molar-refractivity contribution is 8.00. The van der Waals surface area contributed by atoms with Crippen molar-refractivity contribution in [2.75, 3.05) is 26.0 Å². The summed E-state index contributed by atoms with van der Waals surface area (Å²) in [5.41, 5.74) is 0.621. The molecule has 1 aliphatic heterocycles. The van der Waals surface area contributed by atoms with Gasteiger partial charge in [0.05, 0.1) is 17.9 Å². The van der Waals surface area contributed by atoms with E-state index in [-0.39, 0.29) is 11.3 Å². The topological polar surface area (TPSA) is 34.5 Å². The molecule has 2 aromatic rings. The highest BCUT2D eigenvalue weighted by atomic mass is 32.2. The molecule has 0 bridgehead atoms. The van der Waals surface area contributed by atoms with Crippen molar-refractivity contribution in [3.8, 4) is 5.69 Å². The summed E-state index contributed by atoms with van der Waals surface area (Å²) in [5.74, 6) is 0.433. The van der Waals surface area contributed by atoms with E-state index in [2.05, 4.69) is 0 Å². The maximum atomic E-state index is 12.9. The molecule has 0 saturated carbocycles. The minimum Gasteiger partial charge on any atom is -0.383 e. The monoisotopic (exact) mass is 370 g/mol. The standard InChI is InChI=1S/C17H17F3N2O2S/c1-24-8-7-22-15(23)11-25-16(22)12-5-6-21(10-12)14-4-2-3-13(9-14)17(18,19)20/h2-6,9-10,16H,7-8,11H2,1H3/t16-/m1/s1. The van der Waals surface area contributed by atoms with E-state index in [0.29, 0.717) is 24.6 Å². The van der Waals surface area contributed by atoms with Crippen molar-refractivity contribution in [2.24, 2.45) is 0 Å². The molecule has 0 aliphatic carbocycles.